The molecule has 0 aliphatic carbocycles. The Kier molecular flexibility index (Phi) is 7.81. The van der Waals surface area contributed by atoms with E-state index >= 15 is 0 Å². The fraction of sp³-hybridized carbons (Fsp3) is 0.154. The average Bonchev–Trinajstić information content (AvgIpc) is 2.79. The van der Waals surface area contributed by atoms with Crippen molar-refractivity contribution in [1.29, 1.82) is 5.26 Å². The van der Waals surface area contributed by atoms with E-state index < -0.39 is 0 Å². The van der Waals surface area contributed by atoms with E-state index in [4.69, 9.17) is 10.1 Å². The van der Waals surface area contributed by atoms with Gasteiger partial charge >= 0.3 is 0 Å². The standard InChI is InChI=1S/C26H24N2O/c27-21-24-16-19-26(20-17-24)29-28-25(18-15-23-11-5-2-6-12-23)14-8-7-13-22-9-3-1-4-10-22/h1-7,9-13,16-17,19-20H,8,14-15,18H2/b13-7+,28-25-. The van der Waals surface area contributed by atoms with Gasteiger partial charge in [-0.1, -0.05) is 78.0 Å². The molecule has 0 aromatic heterocycles. The number of hydrogen-bond donors (Lipinski definition) is 0. The number of allylic oxidation sites excluding steroid dienone is 1. The van der Waals surface area contributed by atoms with Crippen molar-refractivity contribution in [2.45, 2.75) is 25.7 Å². The molecule has 0 amide bonds. The van der Waals surface area contributed by atoms with Crippen LogP contribution >= 0.6 is 0 Å². The molecule has 0 saturated heterocycles. The van der Waals surface area contributed by atoms with Crippen LogP contribution in [0.5, 0.6) is 5.75 Å². The highest BCUT2D eigenvalue weighted by molar-refractivity contribution is 5.84. The van der Waals surface area contributed by atoms with E-state index in [-0.39, 0.29) is 0 Å². The molecule has 0 atom stereocenters. The van der Waals surface area contributed by atoms with Gasteiger partial charge in [0.05, 0.1) is 17.3 Å². The van der Waals surface area contributed by atoms with Crippen LogP contribution in [0.1, 0.15) is 36.0 Å². The van der Waals surface area contributed by atoms with Crippen molar-refractivity contribution in [3.05, 3.63) is 108 Å². The molecule has 144 valence electrons. The highest BCUT2D eigenvalue weighted by Gasteiger charge is 2.03. The topological polar surface area (TPSA) is 45.4 Å². The average molecular weight is 380 g/mol. The van der Waals surface area contributed by atoms with Gasteiger partial charge in [0, 0.05) is 0 Å². The van der Waals surface area contributed by atoms with Crippen LogP contribution in [0.4, 0.5) is 0 Å². The second kappa shape index (κ2) is 11.3. The van der Waals surface area contributed by atoms with Gasteiger partial charge < -0.3 is 4.84 Å². The van der Waals surface area contributed by atoms with Crippen LogP contribution in [0, 0.1) is 11.3 Å². The van der Waals surface area contributed by atoms with Crippen LogP contribution in [-0.2, 0) is 6.42 Å². The third kappa shape index (κ3) is 7.12. The Morgan fingerprint density at radius 2 is 1.55 bits per heavy atom. The van der Waals surface area contributed by atoms with Crippen LogP contribution in [0.15, 0.2) is 96.2 Å². The predicted molar refractivity (Wildman–Crippen MR) is 119 cm³/mol. The number of rotatable bonds is 9. The van der Waals surface area contributed by atoms with Crippen molar-refractivity contribution in [3.63, 3.8) is 0 Å². The summed E-state index contributed by atoms with van der Waals surface area (Å²) in [5, 5.41) is 13.3. The number of nitrogens with zero attached hydrogens (tertiary/aromatic N) is 2. The Bertz CT molecular complexity index is 969. The van der Waals surface area contributed by atoms with Gasteiger partial charge in [0.2, 0.25) is 0 Å². The van der Waals surface area contributed by atoms with Gasteiger partial charge in [-0.3, -0.25) is 0 Å². The van der Waals surface area contributed by atoms with Gasteiger partial charge in [-0.2, -0.15) is 5.26 Å². The zero-order valence-electron chi connectivity index (χ0n) is 16.4. The third-order valence-electron chi connectivity index (χ3n) is 4.52. The SMILES string of the molecule is N#Cc1ccc(O/N=C(/CC/C=C/c2ccccc2)CCc2ccccc2)cc1. The Labute approximate surface area is 172 Å². The second-order valence-electron chi connectivity index (χ2n) is 6.72. The number of oxime groups is 1. The Hall–Kier alpha value is -3.64. The molecule has 3 heteroatoms. The zero-order valence-corrected chi connectivity index (χ0v) is 16.4. The van der Waals surface area contributed by atoms with E-state index in [2.05, 4.69) is 59.8 Å². The molecule has 3 nitrogen and oxygen atoms in total. The highest BCUT2D eigenvalue weighted by atomic mass is 16.6. The molecule has 3 rings (SSSR count). The lowest BCUT2D eigenvalue weighted by Gasteiger charge is -2.06. The summed E-state index contributed by atoms with van der Waals surface area (Å²) in [6.07, 6.45) is 7.83. The first-order valence-electron chi connectivity index (χ1n) is 9.82. The molecular formula is C26H24N2O. The summed E-state index contributed by atoms with van der Waals surface area (Å²) in [5.74, 6) is 0.640. The molecule has 0 radical (unpaired) electrons. The van der Waals surface area contributed by atoms with Crippen molar-refractivity contribution in [3.8, 4) is 11.8 Å². The van der Waals surface area contributed by atoms with Crippen molar-refractivity contribution >= 4 is 11.8 Å². The molecule has 0 spiro atoms. The summed E-state index contributed by atoms with van der Waals surface area (Å²) in [6, 6.07) is 29.8. The molecule has 0 unspecified atom stereocenters. The molecule has 0 heterocycles. The molecule has 0 N–H and O–H groups in total. The van der Waals surface area contributed by atoms with Crippen LogP contribution in [-0.4, -0.2) is 5.71 Å². The van der Waals surface area contributed by atoms with Crippen LogP contribution in [0.2, 0.25) is 0 Å². The minimum Gasteiger partial charge on any atom is -0.357 e. The molecule has 3 aromatic rings. The van der Waals surface area contributed by atoms with E-state index in [1.807, 2.05) is 24.3 Å². The minimum atomic E-state index is 0.608. The quantitative estimate of drug-likeness (QED) is 0.318. The molecule has 3 aromatic carbocycles. The fourth-order valence-electron chi connectivity index (χ4n) is 2.89. The van der Waals surface area contributed by atoms with Gasteiger partial charge in [0.25, 0.3) is 0 Å². The van der Waals surface area contributed by atoms with Gasteiger partial charge in [-0.05, 0) is 61.1 Å². The minimum absolute atomic E-state index is 0.608. The summed E-state index contributed by atoms with van der Waals surface area (Å²) in [6.45, 7) is 0. The fourth-order valence-corrected chi connectivity index (χ4v) is 2.89. The highest BCUT2D eigenvalue weighted by Crippen LogP contribution is 2.14. The summed E-state index contributed by atoms with van der Waals surface area (Å²) in [7, 11) is 0. The normalized spacial score (nSPS) is 11.3. The van der Waals surface area contributed by atoms with E-state index in [0.29, 0.717) is 11.3 Å². The zero-order chi connectivity index (χ0) is 20.2. The van der Waals surface area contributed by atoms with E-state index in [1.54, 1.807) is 24.3 Å². The Balaban J connectivity index is 1.61. The summed E-state index contributed by atoms with van der Waals surface area (Å²) < 4.78 is 0. The molecule has 29 heavy (non-hydrogen) atoms. The van der Waals surface area contributed by atoms with Crippen molar-refractivity contribution in [2.75, 3.05) is 0 Å². The van der Waals surface area contributed by atoms with Gasteiger partial charge in [0.15, 0.2) is 5.75 Å². The number of aryl methyl sites for hydroxylation is 1. The second-order valence-corrected chi connectivity index (χ2v) is 6.72. The van der Waals surface area contributed by atoms with Gasteiger partial charge in [0.1, 0.15) is 0 Å². The van der Waals surface area contributed by atoms with E-state index in [1.165, 1.54) is 11.1 Å². The summed E-state index contributed by atoms with van der Waals surface area (Å²) in [4.78, 5) is 5.63. The summed E-state index contributed by atoms with van der Waals surface area (Å²) in [5.41, 5.74) is 4.12. The first kappa shape index (κ1) is 20.1. The van der Waals surface area contributed by atoms with Crippen LogP contribution in [0.25, 0.3) is 6.08 Å². The maximum Gasteiger partial charge on any atom is 0.158 e. The first-order valence-corrected chi connectivity index (χ1v) is 9.82. The Morgan fingerprint density at radius 3 is 2.24 bits per heavy atom. The smallest absolute Gasteiger partial charge is 0.158 e. The van der Waals surface area contributed by atoms with Crippen LogP contribution in [0.3, 0.4) is 0 Å². The maximum absolute atomic E-state index is 8.90. The number of hydrogen-bond acceptors (Lipinski definition) is 3. The Morgan fingerprint density at radius 1 is 0.862 bits per heavy atom. The van der Waals surface area contributed by atoms with Gasteiger partial charge in [-0.25, -0.2) is 0 Å². The molecular weight excluding hydrogens is 356 g/mol. The lowest BCUT2D eigenvalue weighted by Crippen LogP contribution is -2.03. The molecule has 0 aliphatic rings. The van der Waals surface area contributed by atoms with Crippen molar-refractivity contribution in [1.82, 2.24) is 0 Å². The predicted octanol–water partition coefficient (Wildman–Crippen LogP) is 6.42. The van der Waals surface area contributed by atoms with E-state index in [0.717, 1.165) is 31.4 Å². The van der Waals surface area contributed by atoms with Crippen molar-refractivity contribution in [2.24, 2.45) is 5.16 Å². The maximum atomic E-state index is 8.90. The monoisotopic (exact) mass is 380 g/mol. The van der Waals surface area contributed by atoms with Crippen molar-refractivity contribution < 1.29 is 4.84 Å². The molecule has 0 bridgehead atoms. The molecule has 0 saturated carbocycles. The summed E-state index contributed by atoms with van der Waals surface area (Å²) >= 11 is 0. The largest absolute Gasteiger partial charge is 0.357 e. The van der Waals surface area contributed by atoms with Crippen LogP contribution < -0.4 is 4.84 Å². The van der Waals surface area contributed by atoms with E-state index in [9.17, 15) is 0 Å². The lowest BCUT2D eigenvalue weighted by atomic mass is 10.0. The lowest BCUT2D eigenvalue weighted by molar-refractivity contribution is 0.338. The van der Waals surface area contributed by atoms with Gasteiger partial charge in [-0.15, -0.1) is 0 Å². The first-order chi connectivity index (χ1) is 14.3. The molecule has 0 fully saturated rings. The molecule has 0 aliphatic heterocycles. The number of benzene rings is 3. The third-order valence-corrected chi connectivity index (χ3v) is 4.52. The number of nitriles is 1.